The molecule has 1 aromatic rings. The molecule has 0 aromatic heterocycles. The molecule has 2 saturated heterocycles. The van der Waals surface area contributed by atoms with Crippen LogP contribution in [0.3, 0.4) is 0 Å². The van der Waals surface area contributed by atoms with Crippen molar-refractivity contribution in [3.63, 3.8) is 0 Å². The molecule has 1 aromatic carbocycles. The number of hydrogen-bond acceptors (Lipinski definition) is 4. The molecule has 2 aliphatic heterocycles. The monoisotopic (exact) mass is 556 g/mol. The molecule has 3 rings (SSSR count). The van der Waals surface area contributed by atoms with Crippen LogP contribution in [-0.4, -0.2) is 77.1 Å². The van der Waals surface area contributed by atoms with E-state index in [-0.39, 0.29) is 24.0 Å². The van der Waals surface area contributed by atoms with Crippen molar-refractivity contribution in [1.29, 1.82) is 0 Å². The molecule has 0 spiro atoms. The van der Waals surface area contributed by atoms with Crippen LogP contribution in [0.1, 0.15) is 24.0 Å². The topological polar surface area (TPSA) is 58.1 Å². The zero-order valence-electron chi connectivity index (χ0n) is 17.8. The summed E-state index contributed by atoms with van der Waals surface area (Å²) in [5.74, 6) is 0.654. The summed E-state index contributed by atoms with van der Waals surface area (Å²) in [5.41, 5.74) is -0.350. The minimum absolute atomic E-state index is 0. The van der Waals surface area contributed by atoms with Crippen LogP contribution in [0.25, 0.3) is 0 Å². The van der Waals surface area contributed by atoms with Gasteiger partial charge in [0.2, 0.25) is 0 Å². The summed E-state index contributed by atoms with van der Waals surface area (Å²) in [7, 11) is 1.70. The van der Waals surface area contributed by atoms with Crippen LogP contribution in [-0.2, 0) is 21.1 Å². The van der Waals surface area contributed by atoms with Crippen molar-refractivity contribution >= 4 is 29.9 Å². The molecule has 0 saturated carbocycles. The normalized spacial score (nSPS) is 20.1. The number of guanidine groups is 1. The van der Waals surface area contributed by atoms with Crippen LogP contribution in [0.4, 0.5) is 13.2 Å². The van der Waals surface area contributed by atoms with E-state index in [2.05, 4.69) is 20.5 Å². The first-order valence-corrected chi connectivity index (χ1v) is 10.4. The van der Waals surface area contributed by atoms with Gasteiger partial charge in [-0.2, -0.15) is 13.2 Å². The van der Waals surface area contributed by atoms with Gasteiger partial charge in [-0.25, -0.2) is 0 Å². The molecule has 0 atom stereocenters. The van der Waals surface area contributed by atoms with Gasteiger partial charge >= 0.3 is 6.18 Å². The van der Waals surface area contributed by atoms with E-state index in [0.717, 1.165) is 45.5 Å². The van der Waals surface area contributed by atoms with E-state index in [0.29, 0.717) is 44.1 Å². The van der Waals surface area contributed by atoms with Crippen LogP contribution in [0, 0.1) is 0 Å². The summed E-state index contributed by atoms with van der Waals surface area (Å²) >= 11 is 0. The summed E-state index contributed by atoms with van der Waals surface area (Å²) in [6.07, 6.45) is -3.04. The summed E-state index contributed by atoms with van der Waals surface area (Å²) < 4.78 is 50.6. The first-order chi connectivity index (χ1) is 14.4. The molecule has 2 aliphatic rings. The summed E-state index contributed by atoms with van der Waals surface area (Å²) in [4.78, 5) is 6.60. The second kappa shape index (κ2) is 12.2. The number of ether oxygens (including phenoxy) is 2. The highest BCUT2D eigenvalue weighted by Gasteiger charge is 2.37. The molecule has 2 fully saturated rings. The Hall–Kier alpha value is -1.11. The molecule has 0 aliphatic carbocycles. The Bertz CT molecular complexity index is 706. The average molecular weight is 556 g/mol. The van der Waals surface area contributed by atoms with Gasteiger partial charge in [0, 0.05) is 58.4 Å². The first kappa shape index (κ1) is 26.1. The molecule has 0 radical (unpaired) electrons. The van der Waals surface area contributed by atoms with Crippen molar-refractivity contribution in [2.24, 2.45) is 4.99 Å². The molecule has 31 heavy (non-hydrogen) atoms. The Kier molecular flexibility index (Phi) is 10.3. The van der Waals surface area contributed by atoms with Crippen molar-refractivity contribution in [3.8, 4) is 0 Å². The Morgan fingerprint density at radius 1 is 1.10 bits per heavy atom. The lowest BCUT2D eigenvalue weighted by Crippen LogP contribution is -2.49. The average Bonchev–Trinajstić information content (AvgIpc) is 2.77. The van der Waals surface area contributed by atoms with Crippen LogP contribution in [0.5, 0.6) is 0 Å². The van der Waals surface area contributed by atoms with E-state index in [1.807, 2.05) is 0 Å². The van der Waals surface area contributed by atoms with Gasteiger partial charge in [-0.1, -0.05) is 18.2 Å². The number of morpholine rings is 1. The van der Waals surface area contributed by atoms with Crippen molar-refractivity contribution in [1.82, 2.24) is 15.5 Å². The Balaban J connectivity index is 0.00000341. The molecule has 0 unspecified atom stereocenters. The molecule has 176 valence electrons. The minimum atomic E-state index is -4.35. The van der Waals surface area contributed by atoms with Crippen molar-refractivity contribution in [3.05, 3.63) is 35.4 Å². The fourth-order valence-electron chi connectivity index (χ4n) is 3.99. The predicted octanol–water partition coefficient (Wildman–Crippen LogP) is 2.87. The fraction of sp³-hybridized carbons (Fsp3) is 0.667. The van der Waals surface area contributed by atoms with Gasteiger partial charge in [0.15, 0.2) is 5.96 Å². The quantitative estimate of drug-likeness (QED) is 0.321. The number of halogens is 4. The van der Waals surface area contributed by atoms with Crippen LogP contribution >= 0.6 is 24.0 Å². The third-order valence-electron chi connectivity index (χ3n) is 5.89. The van der Waals surface area contributed by atoms with E-state index in [9.17, 15) is 13.2 Å². The summed E-state index contributed by atoms with van der Waals surface area (Å²) in [5, 5.41) is 6.64. The van der Waals surface area contributed by atoms with Crippen LogP contribution in [0.15, 0.2) is 29.3 Å². The number of rotatable bonds is 6. The smallest absolute Gasteiger partial charge is 0.381 e. The Morgan fingerprint density at radius 2 is 1.77 bits per heavy atom. The summed E-state index contributed by atoms with van der Waals surface area (Å²) in [6, 6.07) is 5.68. The fourth-order valence-corrected chi connectivity index (χ4v) is 3.99. The number of benzene rings is 1. The molecular weight excluding hydrogens is 524 g/mol. The van der Waals surface area contributed by atoms with Crippen LogP contribution < -0.4 is 10.6 Å². The third-order valence-corrected chi connectivity index (χ3v) is 5.89. The third kappa shape index (κ3) is 7.47. The van der Waals surface area contributed by atoms with Gasteiger partial charge in [-0.15, -0.1) is 24.0 Å². The summed E-state index contributed by atoms with van der Waals surface area (Å²) in [6.45, 7) is 6.54. The van der Waals surface area contributed by atoms with E-state index < -0.39 is 17.2 Å². The molecule has 10 heteroatoms. The van der Waals surface area contributed by atoms with Gasteiger partial charge in [-0.3, -0.25) is 9.89 Å². The molecule has 2 N–H and O–H groups in total. The molecule has 2 heterocycles. The number of nitrogens with one attached hydrogen (secondary N) is 2. The Labute approximate surface area is 199 Å². The van der Waals surface area contributed by atoms with Crippen molar-refractivity contribution in [2.75, 3.05) is 66.2 Å². The van der Waals surface area contributed by atoms with E-state index in [1.165, 1.54) is 12.1 Å². The van der Waals surface area contributed by atoms with Crippen molar-refractivity contribution < 1.29 is 22.6 Å². The maximum absolute atomic E-state index is 13.2. The van der Waals surface area contributed by atoms with Crippen molar-refractivity contribution in [2.45, 2.75) is 24.4 Å². The predicted molar refractivity (Wildman–Crippen MR) is 125 cm³/mol. The highest BCUT2D eigenvalue weighted by molar-refractivity contribution is 14.0. The maximum Gasteiger partial charge on any atom is 0.416 e. The molecule has 6 nitrogen and oxygen atoms in total. The lowest BCUT2D eigenvalue weighted by atomic mass is 9.73. The second-order valence-electron chi connectivity index (χ2n) is 7.78. The van der Waals surface area contributed by atoms with Crippen LogP contribution in [0.2, 0.25) is 0 Å². The van der Waals surface area contributed by atoms with Gasteiger partial charge in [-0.05, 0) is 24.5 Å². The number of alkyl halides is 3. The lowest BCUT2D eigenvalue weighted by Gasteiger charge is -2.38. The van der Waals surface area contributed by atoms with E-state index in [4.69, 9.17) is 9.47 Å². The maximum atomic E-state index is 13.2. The molecule has 0 amide bonds. The standard InChI is InChI=1S/C21H31F3N4O2.HI/c1-25-19(26-7-8-28-9-13-30-14-10-28)27-16-20(5-11-29-12-6-20)17-3-2-4-18(15-17)21(22,23)24;/h2-4,15H,5-14,16H2,1H3,(H2,25,26,27);1H. The Morgan fingerprint density at radius 3 is 2.42 bits per heavy atom. The first-order valence-electron chi connectivity index (χ1n) is 10.4. The highest BCUT2D eigenvalue weighted by Crippen LogP contribution is 2.37. The minimum Gasteiger partial charge on any atom is -0.381 e. The SMILES string of the molecule is CN=C(NCCN1CCOCC1)NCC1(c2cccc(C(F)(F)F)c2)CCOCC1.I. The van der Waals surface area contributed by atoms with Gasteiger partial charge in [0.05, 0.1) is 18.8 Å². The number of aliphatic imine (C=N–C) groups is 1. The van der Waals surface area contributed by atoms with Gasteiger partial charge in [0.25, 0.3) is 0 Å². The zero-order valence-corrected chi connectivity index (χ0v) is 20.2. The lowest BCUT2D eigenvalue weighted by molar-refractivity contribution is -0.137. The highest BCUT2D eigenvalue weighted by atomic mass is 127. The number of hydrogen-bond donors (Lipinski definition) is 2. The molecular formula is C21H32F3IN4O2. The largest absolute Gasteiger partial charge is 0.416 e. The van der Waals surface area contributed by atoms with E-state index >= 15 is 0 Å². The second-order valence-corrected chi connectivity index (χ2v) is 7.78. The van der Waals surface area contributed by atoms with E-state index in [1.54, 1.807) is 13.1 Å². The molecule has 0 bridgehead atoms. The number of nitrogens with zero attached hydrogens (tertiary/aromatic N) is 2. The zero-order chi connectivity index (χ0) is 21.5. The van der Waals surface area contributed by atoms with Gasteiger partial charge < -0.3 is 20.1 Å². The van der Waals surface area contributed by atoms with Gasteiger partial charge in [0.1, 0.15) is 0 Å².